The highest BCUT2D eigenvalue weighted by atomic mass is 16.2. The van der Waals surface area contributed by atoms with Crippen LogP contribution in [-0.2, 0) is 4.79 Å². The highest BCUT2D eigenvalue weighted by Gasteiger charge is 2.13. The van der Waals surface area contributed by atoms with E-state index in [9.17, 15) is 4.79 Å². The van der Waals surface area contributed by atoms with Crippen molar-refractivity contribution < 1.29 is 4.79 Å². The quantitative estimate of drug-likeness (QED) is 0.637. The molecular formula is C14H31N3O. The standard InChI is InChI=1S/C14H31N3O/c1-7-16(8-2)14(18)11-15-9-10-17(12(3)4)13(5)6/h12-13,15H,7-11H2,1-6H3. The molecule has 0 aliphatic heterocycles. The molecular weight excluding hydrogens is 226 g/mol. The van der Waals surface area contributed by atoms with Gasteiger partial charge in [-0.3, -0.25) is 9.69 Å². The van der Waals surface area contributed by atoms with E-state index >= 15 is 0 Å². The third-order valence-corrected chi connectivity index (χ3v) is 3.27. The lowest BCUT2D eigenvalue weighted by Crippen LogP contribution is -2.44. The Bertz CT molecular complexity index is 217. The zero-order valence-electron chi connectivity index (χ0n) is 13.0. The van der Waals surface area contributed by atoms with Crippen LogP contribution < -0.4 is 5.32 Å². The largest absolute Gasteiger partial charge is 0.342 e. The van der Waals surface area contributed by atoms with Gasteiger partial charge in [0.1, 0.15) is 0 Å². The van der Waals surface area contributed by atoms with Gasteiger partial charge in [-0.05, 0) is 41.5 Å². The first-order chi connectivity index (χ1) is 8.43. The molecule has 0 fully saturated rings. The van der Waals surface area contributed by atoms with E-state index in [1.165, 1.54) is 0 Å². The van der Waals surface area contributed by atoms with Crippen LogP contribution in [0.4, 0.5) is 0 Å². The molecule has 0 aliphatic rings. The second-order valence-electron chi connectivity index (χ2n) is 5.17. The summed E-state index contributed by atoms with van der Waals surface area (Å²) in [5, 5.41) is 3.24. The molecule has 0 spiro atoms. The van der Waals surface area contributed by atoms with Crippen molar-refractivity contribution >= 4 is 5.91 Å². The first-order valence-corrected chi connectivity index (χ1v) is 7.18. The summed E-state index contributed by atoms with van der Waals surface area (Å²) in [7, 11) is 0. The van der Waals surface area contributed by atoms with E-state index in [4.69, 9.17) is 0 Å². The van der Waals surface area contributed by atoms with Crippen LogP contribution in [0.3, 0.4) is 0 Å². The summed E-state index contributed by atoms with van der Waals surface area (Å²) in [6, 6.07) is 1.09. The minimum Gasteiger partial charge on any atom is -0.342 e. The Kier molecular flexibility index (Phi) is 9.02. The van der Waals surface area contributed by atoms with Gasteiger partial charge in [-0.15, -0.1) is 0 Å². The Labute approximate surface area is 113 Å². The number of carbonyl (C=O) groups is 1. The molecule has 4 nitrogen and oxygen atoms in total. The maximum atomic E-state index is 11.8. The van der Waals surface area contributed by atoms with Gasteiger partial charge < -0.3 is 10.2 Å². The maximum absolute atomic E-state index is 11.8. The van der Waals surface area contributed by atoms with E-state index in [1.807, 2.05) is 18.7 Å². The lowest BCUT2D eigenvalue weighted by Gasteiger charge is -2.30. The highest BCUT2D eigenvalue weighted by Crippen LogP contribution is 2.03. The number of hydrogen-bond donors (Lipinski definition) is 1. The molecule has 1 amide bonds. The van der Waals surface area contributed by atoms with Crippen LogP contribution in [0.1, 0.15) is 41.5 Å². The number of rotatable bonds is 9. The van der Waals surface area contributed by atoms with Crippen molar-refractivity contribution in [1.29, 1.82) is 0 Å². The van der Waals surface area contributed by atoms with Crippen LogP contribution in [0, 0.1) is 0 Å². The van der Waals surface area contributed by atoms with E-state index in [1.54, 1.807) is 0 Å². The fourth-order valence-electron chi connectivity index (χ4n) is 2.20. The van der Waals surface area contributed by atoms with Crippen LogP contribution in [-0.4, -0.2) is 60.5 Å². The van der Waals surface area contributed by atoms with Gasteiger partial charge in [0.2, 0.25) is 5.91 Å². The average molecular weight is 257 g/mol. The predicted molar refractivity (Wildman–Crippen MR) is 77.8 cm³/mol. The van der Waals surface area contributed by atoms with Crippen molar-refractivity contribution in [3.63, 3.8) is 0 Å². The lowest BCUT2D eigenvalue weighted by atomic mass is 10.2. The zero-order valence-corrected chi connectivity index (χ0v) is 13.0. The van der Waals surface area contributed by atoms with Crippen molar-refractivity contribution in [3.05, 3.63) is 0 Å². The number of nitrogens with zero attached hydrogens (tertiary/aromatic N) is 2. The molecule has 108 valence electrons. The lowest BCUT2D eigenvalue weighted by molar-refractivity contribution is -0.129. The predicted octanol–water partition coefficient (Wildman–Crippen LogP) is 1.56. The Balaban J connectivity index is 3.88. The molecule has 0 radical (unpaired) electrons. The molecule has 0 bridgehead atoms. The summed E-state index contributed by atoms with van der Waals surface area (Å²) in [6.45, 7) is 16.8. The summed E-state index contributed by atoms with van der Waals surface area (Å²) in [5.74, 6) is 0.195. The highest BCUT2D eigenvalue weighted by molar-refractivity contribution is 5.78. The molecule has 0 aliphatic carbocycles. The molecule has 0 aromatic heterocycles. The normalized spacial score (nSPS) is 11.6. The van der Waals surface area contributed by atoms with Crippen molar-refractivity contribution in [2.45, 2.75) is 53.6 Å². The fraction of sp³-hybridized carbons (Fsp3) is 0.929. The Morgan fingerprint density at radius 2 is 1.56 bits per heavy atom. The minimum atomic E-state index is 0.195. The van der Waals surface area contributed by atoms with Gasteiger partial charge in [-0.1, -0.05) is 0 Å². The number of likely N-dealkylation sites (N-methyl/N-ethyl adjacent to an activating group) is 1. The summed E-state index contributed by atoms with van der Waals surface area (Å²) in [6.07, 6.45) is 0. The summed E-state index contributed by atoms with van der Waals surface area (Å²) < 4.78 is 0. The molecule has 0 aromatic rings. The van der Waals surface area contributed by atoms with E-state index in [2.05, 4.69) is 37.9 Å². The van der Waals surface area contributed by atoms with Crippen LogP contribution in [0.15, 0.2) is 0 Å². The molecule has 0 saturated carbocycles. The van der Waals surface area contributed by atoms with Crippen LogP contribution in [0.2, 0.25) is 0 Å². The van der Waals surface area contributed by atoms with Gasteiger partial charge in [0.05, 0.1) is 6.54 Å². The minimum absolute atomic E-state index is 0.195. The fourth-order valence-corrected chi connectivity index (χ4v) is 2.20. The van der Waals surface area contributed by atoms with E-state index < -0.39 is 0 Å². The third-order valence-electron chi connectivity index (χ3n) is 3.27. The van der Waals surface area contributed by atoms with Gasteiger partial charge in [0, 0.05) is 38.3 Å². The van der Waals surface area contributed by atoms with Gasteiger partial charge >= 0.3 is 0 Å². The molecule has 0 aromatic carbocycles. The van der Waals surface area contributed by atoms with E-state index in [0.29, 0.717) is 18.6 Å². The van der Waals surface area contributed by atoms with Crippen molar-refractivity contribution in [3.8, 4) is 0 Å². The monoisotopic (exact) mass is 257 g/mol. The van der Waals surface area contributed by atoms with E-state index in [0.717, 1.165) is 26.2 Å². The second kappa shape index (κ2) is 9.34. The van der Waals surface area contributed by atoms with Crippen LogP contribution in [0.25, 0.3) is 0 Å². The molecule has 0 heterocycles. The SMILES string of the molecule is CCN(CC)C(=O)CNCCN(C(C)C)C(C)C. The summed E-state index contributed by atoms with van der Waals surface area (Å²) in [4.78, 5) is 16.0. The molecule has 0 saturated heterocycles. The zero-order chi connectivity index (χ0) is 14.1. The number of amides is 1. The number of hydrogen-bond acceptors (Lipinski definition) is 3. The van der Waals surface area contributed by atoms with Crippen LogP contribution in [0.5, 0.6) is 0 Å². The van der Waals surface area contributed by atoms with Crippen molar-refractivity contribution in [1.82, 2.24) is 15.1 Å². The first-order valence-electron chi connectivity index (χ1n) is 7.18. The summed E-state index contributed by atoms with van der Waals surface area (Å²) in [5.41, 5.74) is 0. The van der Waals surface area contributed by atoms with Crippen LogP contribution >= 0.6 is 0 Å². The molecule has 1 N–H and O–H groups in total. The average Bonchev–Trinajstić information content (AvgIpc) is 2.29. The topological polar surface area (TPSA) is 35.6 Å². The second-order valence-corrected chi connectivity index (χ2v) is 5.17. The number of carbonyl (C=O) groups excluding carboxylic acids is 1. The third kappa shape index (κ3) is 6.36. The van der Waals surface area contributed by atoms with Crippen molar-refractivity contribution in [2.24, 2.45) is 0 Å². The van der Waals surface area contributed by atoms with Gasteiger partial charge in [0.25, 0.3) is 0 Å². The van der Waals surface area contributed by atoms with E-state index in [-0.39, 0.29) is 5.91 Å². The van der Waals surface area contributed by atoms with Gasteiger partial charge in [-0.25, -0.2) is 0 Å². The number of nitrogens with one attached hydrogen (secondary N) is 1. The summed E-state index contributed by atoms with van der Waals surface area (Å²) >= 11 is 0. The van der Waals surface area contributed by atoms with Gasteiger partial charge in [-0.2, -0.15) is 0 Å². The molecule has 4 heteroatoms. The molecule has 0 rings (SSSR count). The Hall–Kier alpha value is -0.610. The molecule has 0 unspecified atom stereocenters. The first kappa shape index (κ1) is 17.4. The maximum Gasteiger partial charge on any atom is 0.236 e. The van der Waals surface area contributed by atoms with Crippen molar-refractivity contribution in [2.75, 3.05) is 32.7 Å². The Morgan fingerprint density at radius 3 is 1.94 bits per heavy atom. The molecule has 18 heavy (non-hydrogen) atoms. The Morgan fingerprint density at radius 1 is 1.06 bits per heavy atom. The van der Waals surface area contributed by atoms with Gasteiger partial charge in [0.15, 0.2) is 0 Å². The smallest absolute Gasteiger partial charge is 0.236 e. The molecule has 0 atom stereocenters.